The van der Waals surface area contributed by atoms with Crippen LogP contribution in [0.2, 0.25) is 0 Å². The first kappa shape index (κ1) is 27.7. The number of aryl methyl sites for hydroxylation is 1. The molecule has 2 aromatic heterocycles. The molecule has 34 heavy (non-hydrogen) atoms. The maximum absolute atomic E-state index is 11.7. The predicted octanol–water partition coefficient (Wildman–Crippen LogP) is -2.27. The van der Waals surface area contributed by atoms with Crippen molar-refractivity contribution in [2.45, 2.75) is 26.3 Å². The van der Waals surface area contributed by atoms with Crippen molar-refractivity contribution in [3.63, 3.8) is 0 Å². The van der Waals surface area contributed by atoms with Gasteiger partial charge in [0.25, 0.3) is 0 Å². The molecule has 0 unspecified atom stereocenters. The van der Waals surface area contributed by atoms with E-state index in [1.807, 2.05) is 29.1 Å². The lowest BCUT2D eigenvalue weighted by Gasteiger charge is -2.08. The fourth-order valence-corrected chi connectivity index (χ4v) is 4.63. The van der Waals surface area contributed by atoms with Crippen LogP contribution in [-0.4, -0.2) is 9.79 Å². The third kappa shape index (κ3) is 6.75. The molecule has 0 bridgehead atoms. The minimum Gasteiger partial charge on any atom is -1.00 e. The number of hydrogen-bond acceptors (Lipinski definition) is 1. The molecule has 2 aromatic carbocycles. The summed E-state index contributed by atoms with van der Waals surface area (Å²) in [7, 11) is -4.30. The summed E-state index contributed by atoms with van der Waals surface area (Å²) in [4.78, 5) is 19.2. The Morgan fingerprint density at radius 2 is 1.41 bits per heavy atom. The molecule has 4 rings (SSSR count). The quantitative estimate of drug-likeness (QED) is 0.215. The maximum atomic E-state index is 11.7. The Kier molecular flexibility index (Phi) is 9.99. The largest absolute Gasteiger partial charge is 1.00 e. The Labute approximate surface area is 212 Å². The number of hydrogen-bond donors (Lipinski definition) is 2. The number of halogens is 2. The molecule has 0 amide bonds. The molecule has 0 atom stereocenters. The Hall–Kier alpha value is -2.53. The maximum Gasteiger partial charge on any atom is 0.356 e. The molecule has 178 valence electrons. The van der Waals surface area contributed by atoms with Crippen molar-refractivity contribution >= 4 is 12.9 Å². The third-order valence-electron chi connectivity index (χ3n) is 5.46. The Morgan fingerprint density at radius 3 is 2.03 bits per heavy atom. The van der Waals surface area contributed by atoms with Crippen LogP contribution >= 0.6 is 7.60 Å². The van der Waals surface area contributed by atoms with Crippen LogP contribution in [0.15, 0.2) is 97.6 Å². The average Bonchev–Trinajstić information content (AvgIpc) is 2.80. The summed E-state index contributed by atoms with van der Waals surface area (Å²) in [6.45, 7) is 2.58. The van der Waals surface area contributed by atoms with E-state index in [1.54, 1.807) is 18.2 Å². The van der Waals surface area contributed by atoms with E-state index in [2.05, 4.69) is 60.3 Å². The van der Waals surface area contributed by atoms with E-state index in [9.17, 15) is 14.4 Å². The van der Waals surface area contributed by atoms with Gasteiger partial charge in [0, 0.05) is 42.0 Å². The number of nitrogens with zero attached hydrogens (tertiary/aromatic N) is 2. The minimum atomic E-state index is -4.30. The molecule has 0 aliphatic carbocycles. The molecule has 0 radical (unpaired) electrons. The monoisotopic (exact) mass is 516 g/mol. The molecule has 2 N–H and O–H groups in total. The summed E-state index contributed by atoms with van der Waals surface area (Å²) >= 11 is 0. The van der Waals surface area contributed by atoms with E-state index >= 15 is 0 Å². The average molecular weight is 517 g/mol. The molecule has 0 aliphatic heterocycles. The summed E-state index contributed by atoms with van der Waals surface area (Å²) in [5.41, 5.74) is 5.29. The third-order valence-corrected chi connectivity index (χ3v) is 6.52. The van der Waals surface area contributed by atoms with Crippen LogP contribution in [0.25, 0.3) is 16.8 Å². The van der Waals surface area contributed by atoms with Crippen molar-refractivity contribution in [1.82, 2.24) is 0 Å². The molecule has 0 spiro atoms. The highest BCUT2D eigenvalue weighted by Gasteiger charge is 2.22. The van der Waals surface area contributed by atoms with Crippen molar-refractivity contribution in [1.29, 1.82) is 0 Å². The number of benzene rings is 2. The van der Waals surface area contributed by atoms with Gasteiger partial charge in [-0.15, -0.1) is 0 Å². The van der Waals surface area contributed by atoms with Gasteiger partial charge in [-0.2, -0.15) is 4.57 Å². The summed E-state index contributed by atoms with van der Waals surface area (Å²) in [5.74, 6) is 0. The topological polar surface area (TPSA) is 65.3 Å². The van der Waals surface area contributed by atoms with Gasteiger partial charge >= 0.3 is 7.60 Å². The van der Waals surface area contributed by atoms with Crippen LogP contribution in [0.1, 0.15) is 24.5 Å². The van der Waals surface area contributed by atoms with Crippen LogP contribution in [0.4, 0.5) is 0 Å². The van der Waals surface area contributed by atoms with Crippen LogP contribution < -0.4 is 39.3 Å². The molecule has 8 heteroatoms. The van der Waals surface area contributed by atoms with Crippen molar-refractivity contribution in [3.8, 4) is 16.8 Å². The van der Waals surface area contributed by atoms with Crippen molar-refractivity contribution in [2.75, 3.05) is 0 Å². The molecular weight excluding hydrogens is 490 g/mol. The van der Waals surface area contributed by atoms with Gasteiger partial charge in [-0.3, -0.25) is 4.57 Å². The second kappa shape index (κ2) is 12.3. The van der Waals surface area contributed by atoms with E-state index in [0.717, 1.165) is 29.7 Å². The first-order valence-electron chi connectivity index (χ1n) is 10.7. The molecule has 2 heterocycles. The summed E-state index contributed by atoms with van der Waals surface area (Å²) in [6, 6.07) is 23.5. The summed E-state index contributed by atoms with van der Waals surface area (Å²) in [5, 5.41) is 0.0761. The van der Waals surface area contributed by atoms with Crippen LogP contribution in [0, 0.1) is 0 Å². The predicted molar refractivity (Wildman–Crippen MR) is 125 cm³/mol. The SMILES string of the molecule is CCCc1cccc(-[n+]2ccc(-c3cc[n+](Cc4ccccc4P(=O)(O)O)cc3)cc2)c1.[Cl-].[Cl-]. The lowest BCUT2D eigenvalue weighted by molar-refractivity contribution is -0.688. The second-order valence-electron chi connectivity index (χ2n) is 7.85. The Morgan fingerprint density at radius 1 is 0.794 bits per heavy atom. The van der Waals surface area contributed by atoms with Gasteiger partial charge in [0.2, 0.25) is 5.69 Å². The van der Waals surface area contributed by atoms with Gasteiger partial charge < -0.3 is 34.6 Å². The summed E-state index contributed by atoms with van der Waals surface area (Å²) in [6.07, 6.45) is 10.2. The van der Waals surface area contributed by atoms with E-state index in [4.69, 9.17) is 0 Å². The zero-order valence-corrected chi connectivity index (χ0v) is 21.2. The standard InChI is InChI=1S/C26H25N2O3P.2ClH/c1-2-6-21-7-5-9-25(19-21)28-17-13-23(14-18-28)22-11-15-27(16-12-22)20-24-8-3-4-10-26(24)32(29,30)31;;/h3-5,7-19H,2,6,20H2,1H3;2*1H. The zero-order chi connectivity index (χ0) is 22.6. The van der Waals surface area contributed by atoms with Gasteiger partial charge in [-0.05, 0) is 29.2 Å². The molecule has 0 aliphatic rings. The van der Waals surface area contributed by atoms with E-state index < -0.39 is 7.60 Å². The van der Waals surface area contributed by atoms with Crippen LogP contribution in [0.3, 0.4) is 0 Å². The van der Waals surface area contributed by atoms with Crippen molar-refractivity contribution in [2.24, 2.45) is 0 Å². The highest BCUT2D eigenvalue weighted by molar-refractivity contribution is 7.60. The van der Waals surface area contributed by atoms with E-state index in [-0.39, 0.29) is 30.1 Å². The number of rotatable bonds is 7. The normalized spacial score (nSPS) is 10.8. The van der Waals surface area contributed by atoms with Gasteiger partial charge in [0.15, 0.2) is 31.3 Å². The molecule has 0 fully saturated rings. The lowest BCUT2D eigenvalue weighted by Crippen LogP contribution is -3.00. The van der Waals surface area contributed by atoms with Crippen molar-refractivity contribution in [3.05, 3.63) is 109 Å². The fraction of sp³-hybridized carbons (Fsp3) is 0.154. The molecule has 5 nitrogen and oxygen atoms in total. The van der Waals surface area contributed by atoms with E-state index in [0.29, 0.717) is 12.1 Å². The smallest absolute Gasteiger partial charge is 0.356 e. The number of pyridine rings is 2. The van der Waals surface area contributed by atoms with Crippen LogP contribution in [-0.2, 0) is 17.5 Å². The molecule has 4 aromatic rings. The highest BCUT2D eigenvalue weighted by atomic mass is 35.5. The van der Waals surface area contributed by atoms with E-state index in [1.165, 1.54) is 11.6 Å². The highest BCUT2D eigenvalue weighted by Crippen LogP contribution is 2.34. The summed E-state index contributed by atoms with van der Waals surface area (Å²) < 4.78 is 15.8. The minimum absolute atomic E-state index is 0. The lowest BCUT2D eigenvalue weighted by atomic mass is 10.1. The van der Waals surface area contributed by atoms with Crippen molar-refractivity contribution < 1.29 is 48.3 Å². The molecular formula is C26H27Cl2N2O3P. The van der Waals surface area contributed by atoms with Gasteiger partial charge in [-0.1, -0.05) is 43.7 Å². The first-order valence-corrected chi connectivity index (χ1v) is 12.3. The molecule has 0 saturated carbocycles. The zero-order valence-electron chi connectivity index (χ0n) is 18.8. The fourth-order valence-electron chi connectivity index (χ4n) is 3.83. The number of aromatic nitrogens is 2. The van der Waals surface area contributed by atoms with Gasteiger partial charge in [-0.25, -0.2) is 4.57 Å². The first-order chi connectivity index (χ1) is 15.4. The second-order valence-corrected chi connectivity index (χ2v) is 9.42. The van der Waals surface area contributed by atoms with Crippen LogP contribution in [0.5, 0.6) is 0 Å². The van der Waals surface area contributed by atoms with Gasteiger partial charge in [0.1, 0.15) is 0 Å². The molecule has 0 saturated heterocycles. The Bertz CT molecular complexity index is 1260. The van der Waals surface area contributed by atoms with Gasteiger partial charge in [0.05, 0.1) is 5.30 Å². The Balaban J connectivity index is 0.00000204.